The Hall–Kier alpha value is -2.37. The molecule has 0 aliphatic heterocycles. The van der Waals surface area contributed by atoms with Crippen LogP contribution < -0.4 is 5.56 Å². The first-order chi connectivity index (χ1) is 8.08. The van der Waals surface area contributed by atoms with Crippen LogP contribution in [0.5, 0.6) is 0 Å². The van der Waals surface area contributed by atoms with E-state index in [1.807, 2.05) is 0 Å². The molecular weight excluding hydrogens is 222 g/mol. The van der Waals surface area contributed by atoms with Crippen molar-refractivity contribution in [2.45, 2.75) is 13.6 Å². The highest BCUT2D eigenvalue weighted by Crippen LogP contribution is 2.03. The molecule has 0 saturated carbocycles. The summed E-state index contributed by atoms with van der Waals surface area (Å²) in [5, 5.41) is 12.7. The van der Waals surface area contributed by atoms with Crippen molar-refractivity contribution in [3.63, 3.8) is 0 Å². The highest BCUT2D eigenvalue weighted by Gasteiger charge is 2.10. The predicted octanol–water partition coefficient (Wildman–Crippen LogP) is 0.557. The van der Waals surface area contributed by atoms with Gasteiger partial charge < -0.3 is 5.11 Å². The summed E-state index contributed by atoms with van der Waals surface area (Å²) in [6.45, 7) is 1.95. The van der Waals surface area contributed by atoms with Crippen molar-refractivity contribution < 1.29 is 9.90 Å². The molecule has 2 aromatic rings. The Morgan fingerprint density at radius 3 is 2.82 bits per heavy atom. The summed E-state index contributed by atoms with van der Waals surface area (Å²) in [6.07, 6.45) is 1.63. The second-order valence-electron chi connectivity index (χ2n) is 3.63. The monoisotopic (exact) mass is 233 g/mol. The molecule has 17 heavy (non-hydrogen) atoms. The molecule has 2 rings (SSSR count). The Morgan fingerprint density at radius 1 is 1.47 bits per heavy atom. The molecule has 0 aromatic carbocycles. The molecule has 2 aromatic heterocycles. The first-order valence-corrected chi connectivity index (χ1v) is 5.01. The van der Waals surface area contributed by atoms with E-state index in [4.69, 9.17) is 5.11 Å². The number of pyridine rings is 1. The smallest absolute Gasteiger partial charge is 0.356 e. The second-order valence-corrected chi connectivity index (χ2v) is 3.63. The Balaban J connectivity index is 2.34. The lowest BCUT2D eigenvalue weighted by Crippen LogP contribution is -2.23. The SMILES string of the molecule is Cc1cc(C(=O)O)nn1Cn1ccccc1=O. The van der Waals surface area contributed by atoms with Gasteiger partial charge in [-0.1, -0.05) is 6.07 Å². The molecular formula is C11H11N3O3. The molecule has 88 valence electrons. The van der Waals surface area contributed by atoms with Crippen molar-refractivity contribution in [2.24, 2.45) is 0 Å². The average Bonchev–Trinajstić information content (AvgIpc) is 2.64. The second kappa shape index (κ2) is 4.25. The van der Waals surface area contributed by atoms with Gasteiger partial charge in [0.1, 0.15) is 6.67 Å². The summed E-state index contributed by atoms with van der Waals surface area (Å²) in [4.78, 5) is 22.2. The molecule has 0 spiro atoms. The van der Waals surface area contributed by atoms with E-state index in [0.717, 1.165) is 0 Å². The number of carbonyl (C=O) groups is 1. The lowest BCUT2D eigenvalue weighted by molar-refractivity contribution is 0.0689. The van der Waals surface area contributed by atoms with Crippen molar-refractivity contribution in [3.8, 4) is 0 Å². The van der Waals surface area contributed by atoms with E-state index in [2.05, 4.69) is 5.10 Å². The van der Waals surface area contributed by atoms with Gasteiger partial charge in [0.15, 0.2) is 5.69 Å². The molecule has 6 heteroatoms. The summed E-state index contributed by atoms with van der Waals surface area (Å²) >= 11 is 0. The Morgan fingerprint density at radius 2 is 2.24 bits per heavy atom. The summed E-state index contributed by atoms with van der Waals surface area (Å²) < 4.78 is 2.93. The van der Waals surface area contributed by atoms with E-state index < -0.39 is 5.97 Å². The quantitative estimate of drug-likeness (QED) is 0.840. The molecule has 0 amide bonds. The van der Waals surface area contributed by atoms with E-state index in [1.165, 1.54) is 21.4 Å². The Labute approximate surface area is 96.7 Å². The van der Waals surface area contributed by atoms with Gasteiger partial charge in [0.05, 0.1) is 0 Å². The number of aromatic carboxylic acids is 1. The van der Waals surface area contributed by atoms with Crippen molar-refractivity contribution in [1.29, 1.82) is 0 Å². The van der Waals surface area contributed by atoms with Crippen LogP contribution in [0.1, 0.15) is 16.2 Å². The van der Waals surface area contributed by atoms with Gasteiger partial charge in [-0.15, -0.1) is 0 Å². The number of carboxylic acids is 1. The van der Waals surface area contributed by atoms with E-state index in [0.29, 0.717) is 5.69 Å². The van der Waals surface area contributed by atoms with Gasteiger partial charge in [0.25, 0.3) is 5.56 Å². The van der Waals surface area contributed by atoms with Crippen LogP contribution in [0.4, 0.5) is 0 Å². The third-order valence-electron chi connectivity index (χ3n) is 2.39. The van der Waals surface area contributed by atoms with Crippen LogP contribution in [0, 0.1) is 6.92 Å². The van der Waals surface area contributed by atoms with Crippen LogP contribution in [0.15, 0.2) is 35.3 Å². The van der Waals surface area contributed by atoms with Gasteiger partial charge in [-0.3, -0.25) is 9.36 Å². The minimum Gasteiger partial charge on any atom is -0.476 e. The van der Waals surface area contributed by atoms with Gasteiger partial charge in [0.2, 0.25) is 0 Å². The Bertz CT molecular complexity index is 612. The number of aryl methyl sites for hydroxylation is 1. The maximum absolute atomic E-state index is 11.5. The number of hydrogen-bond donors (Lipinski definition) is 1. The van der Waals surface area contributed by atoms with Crippen molar-refractivity contribution in [2.75, 3.05) is 0 Å². The predicted molar refractivity (Wildman–Crippen MR) is 60.0 cm³/mol. The molecule has 0 saturated heterocycles. The van der Waals surface area contributed by atoms with Crippen LogP contribution in [0.3, 0.4) is 0 Å². The first kappa shape index (κ1) is 11.1. The number of rotatable bonds is 3. The topological polar surface area (TPSA) is 77.1 Å². The average molecular weight is 233 g/mol. The molecule has 0 bridgehead atoms. The summed E-state index contributed by atoms with van der Waals surface area (Å²) in [6, 6.07) is 6.29. The summed E-state index contributed by atoms with van der Waals surface area (Å²) in [5.74, 6) is -1.08. The molecule has 0 fully saturated rings. The third kappa shape index (κ3) is 2.25. The number of nitrogens with zero attached hydrogens (tertiary/aromatic N) is 3. The molecule has 0 radical (unpaired) electrons. The van der Waals surface area contributed by atoms with E-state index in [1.54, 1.807) is 25.3 Å². The van der Waals surface area contributed by atoms with Gasteiger partial charge in [-0.25, -0.2) is 9.48 Å². The van der Waals surface area contributed by atoms with E-state index in [-0.39, 0.29) is 17.9 Å². The molecule has 0 unspecified atom stereocenters. The van der Waals surface area contributed by atoms with Gasteiger partial charge in [-0.05, 0) is 19.1 Å². The minimum absolute atomic E-state index is 0.0218. The molecule has 1 N–H and O–H groups in total. The zero-order valence-corrected chi connectivity index (χ0v) is 9.20. The maximum Gasteiger partial charge on any atom is 0.356 e. The first-order valence-electron chi connectivity index (χ1n) is 5.01. The van der Waals surface area contributed by atoms with Crippen LogP contribution in [0.25, 0.3) is 0 Å². The van der Waals surface area contributed by atoms with Crippen LogP contribution in [-0.2, 0) is 6.67 Å². The standard InChI is InChI=1S/C11H11N3O3/c1-8-6-9(11(16)17)12-14(8)7-13-5-3-2-4-10(13)15/h2-6H,7H2,1H3,(H,16,17). The lowest BCUT2D eigenvalue weighted by atomic mass is 10.4. The number of aromatic nitrogens is 3. The minimum atomic E-state index is -1.08. The van der Waals surface area contributed by atoms with Crippen molar-refractivity contribution in [1.82, 2.24) is 14.3 Å². The van der Waals surface area contributed by atoms with Crippen molar-refractivity contribution in [3.05, 3.63) is 52.2 Å². The highest BCUT2D eigenvalue weighted by molar-refractivity contribution is 5.85. The fourth-order valence-corrected chi connectivity index (χ4v) is 1.48. The molecule has 0 aliphatic carbocycles. The molecule has 6 nitrogen and oxygen atoms in total. The molecule has 2 heterocycles. The summed E-state index contributed by atoms with van der Waals surface area (Å²) in [7, 11) is 0. The van der Waals surface area contributed by atoms with Crippen LogP contribution >= 0.6 is 0 Å². The fourth-order valence-electron chi connectivity index (χ4n) is 1.48. The summed E-state index contributed by atoms with van der Waals surface area (Å²) in [5.41, 5.74) is 0.518. The fraction of sp³-hybridized carbons (Fsp3) is 0.182. The highest BCUT2D eigenvalue weighted by atomic mass is 16.4. The van der Waals surface area contributed by atoms with Crippen LogP contribution in [-0.4, -0.2) is 25.4 Å². The Kier molecular flexibility index (Phi) is 2.78. The largest absolute Gasteiger partial charge is 0.476 e. The lowest BCUT2D eigenvalue weighted by Gasteiger charge is -2.06. The van der Waals surface area contributed by atoms with Gasteiger partial charge in [-0.2, -0.15) is 5.10 Å². The van der Waals surface area contributed by atoms with Gasteiger partial charge >= 0.3 is 5.97 Å². The van der Waals surface area contributed by atoms with Crippen molar-refractivity contribution >= 4 is 5.97 Å². The number of hydrogen-bond acceptors (Lipinski definition) is 3. The maximum atomic E-state index is 11.5. The number of carboxylic acid groups (broad SMARTS) is 1. The van der Waals surface area contributed by atoms with E-state index >= 15 is 0 Å². The third-order valence-corrected chi connectivity index (χ3v) is 2.39. The molecule has 0 atom stereocenters. The van der Waals surface area contributed by atoms with E-state index in [9.17, 15) is 9.59 Å². The normalized spacial score (nSPS) is 10.4. The zero-order chi connectivity index (χ0) is 12.4. The van der Waals surface area contributed by atoms with Crippen LogP contribution in [0.2, 0.25) is 0 Å². The van der Waals surface area contributed by atoms with Gasteiger partial charge in [0, 0.05) is 18.0 Å². The zero-order valence-electron chi connectivity index (χ0n) is 9.20. The molecule has 0 aliphatic rings.